The van der Waals surface area contributed by atoms with Crippen LogP contribution < -0.4 is 10.3 Å². The van der Waals surface area contributed by atoms with Crippen molar-refractivity contribution in [2.75, 3.05) is 18.0 Å². The van der Waals surface area contributed by atoms with Crippen LogP contribution >= 0.6 is 0 Å². The molecule has 5 rings (SSSR count). The molecule has 1 unspecified atom stereocenters. The molecular weight excluding hydrogens is 380 g/mol. The van der Waals surface area contributed by atoms with Crippen LogP contribution in [0.3, 0.4) is 0 Å². The summed E-state index contributed by atoms with van der Waals surface area (Å²) in [5, 5.41) is 0.370. The number of amides is 2. The third kappa shape index (κ3) is 2.11. The fraction of sp³-hybridized carbons (Fsp3) is 0.292. The highest BCUT2D eigenvalue weighted by atomic mass is 16.3. The fourth-order valence-electron chi connectivity index (χ4n) is 4.87. The van der Waals surface area contributed by atoms with E-state index in [1.807, 2.05) is 45.0 Å². The van der Waals surface area contributed by atoms with Gasteiger partial charge in [-0.05, 0) is 31.0 Å². The minimum absolute atomic E-state index is 0.0274. The fourth-order valence-corrected chi connectivity index (χ4v) is 4.87. The minimum atomic E-state index is -1.49. The molecule has 0 aliphatic carbocycles. The monoisotopic (exact) mass is 402 g/mol. The standard InChI is InChI=1S/C24H22N2O4/c1-4-25-17-11-7-6-10-16(17)24(23(25)29)19-20(27)15-9-5-8-12-18(15)30-21(19)22(28)26(24)13-14(2)3/h5-12,14H,4,13H2,1-3H3. The summed E-state index contributed by atoms with van der Waals surface area (Å²) in [5.41, 5.74) is 0.0580. The van der Waals surface area contributed by atoms with Crippen molar-refractivity contribution in [3.05, 3.63) is 75.6 Å². The van der Waals surface area contributed by atoms with Gasteiger partial charge in [0.1, 0.15) is 5.58 Å². The van der Waals surface area contributed by atoms with Crippen molar-refractivity contribution >= 4 is 28.5 Å². The second kappa shape index (κ2) is 6.29. The van der Waals surface area contributed by atoms with Gasteiger partial charge in [-0.25, -0.2) is 0 Å². The van der Waals surface area contributed by atoms with Gasteiger partial charge in [0.05, 0.1) is 16.6 Å². The smallest absolute Gasteiger partial charge is 0.291 e. The Hall–Kier alpha value is -3.41. The van der Waals surface area contributed by atoms with Crippen LogP contribution in [0.5, 0.6) is 0 Å². The van der Waals surface area contributed by atoms with Crippen molar-refractivity contribution in [1.29, 1.82) is 0 Å². The van der Waals surface area contributed by atoms with E-state index in [9.17, 15) is 14.4 Å². The molecule has 0 bridgehead atoms. The number of hydrogen-bond acceptors (Lipinski definition) is 4. The molecule has 0 saturated heterocycles. The van der Waals surface area contributed by atoms with Crippen molar-refractivity contribution in [1.82, 2.24) is 4.90 Å². The molecule has 0 radical (unpaired) electrons. The lowest BCUT2D eigenvalue weighted by Crippen LogP contribution is -2.54. The minimum Gasteiger partial charge on any atom is -0.450 e. The second-order valence-corrected chi connectivity index (χ2v) is 8.22. The number of fused-ring (bicyclic) bond motifs is 5. The average Bonchev–Trinajstić information content (AvgIpc) is 3.13. The van der Waals surface area contributed by atoms with E-state index in [1.165, 1.54) is 0 Å². The summed E-state index contributed by atoms with van der Waals surface area (Å²) in [5.74, 6) is -0.620. The van der Waals surface area contributed by atoms with Crippen LogP contribution in [0.4, 0.5) is 5.69 Å². The van der Waals surface area contributed by atoms with Gasteiger partial charge in [-0.2, -0.15) is 0 Å². The zero-order chi connectivity index (χ0) is 21.2. The highest BCUT2D eigenvalue weighted by Crippen LogP contribution is 2.52. The molecule has 30 heavy (non-hydrogen) atoms. The van der Waals surface area contributed by atoms with E-state index in [0.717, 1.165) is 5.69 Å². The molecule has 2 aromatic carbocycles. The second-order valence-electron chi connectivity index (χ2n) is 8.22. The topological polar surface area (TPSA) is 70.8 Å². The highest BCUT2D eigenvalue weighted by Gasteiger charge is 2.64. The number of carbonyl (C=O) groups excluding carboxylic acids is 2. The van der Waals surface area contributed by atoms with E-state index in [0.29, 0.717) is 29.6 Å². The summed E-state index contributed by atoms with van der Waals surface area (Å²) >= 11 is 0. The van der Waals surface area contributed by atoms with Crippen LogP contribution in [0, 0.1) is 5.92 Å². The summed E-state index contributed by atoms with van der Waals surface area (Å²) in [6.07, 6.45) is 0. The molecule has 3 heterocycles. The third-order valence-electron chi connectivity index (χ3n) is 6.01. The van der Waals surface area contributed by atoms with Crippen LogP contribution in [0.25, 0.3) is 11.0 Å². The van der Waals surface area contributed by atoms with E-state index in [4.69, 9.17) is 4.42 Å². The molecule has 0 N–H and O–H groups in total. The van der Waals surface area contributed by atoms with Crippen molar-refractivity contribution < 1.29 is 14.0 Å². The van der Waals surface area contributed by atoms with Gasteiger partial charge in [0.15, 0.2) is 11.0 Å². The third-order valence-corrected chi connectivity index (χ3v) is 6.01. The first kappa shape index (κ1) is 18.6. The Bertz CT molecular complexity index is 1280. The first-order chi connectivity index (χ1) is 14.4. The van der Waals surface area contributed by atoms with Gasteiger partial charge in [-0.3, -0.25) is 14.4 Å². The lowest BCUT2D eigenvalue weighted by atomic mass is 9.83. The molecule has 6 heteroatoms. The van der Waals surface area contributed by atoms with E-state index in [1.54, 1.807) is 34.1 Å². The molecule has 3 aromatic rings. The number of nitrogens with zero attached hydrogens (tertiary/aromatic N) is 2. The lowest BCUT2D eigenvalue weighted by Gasteiger charge is -2.35. The van der Waals surface area contributed by atoms with Crippen LogP contribution in [0.1, 0.15) is 42.5 Å². The lowest BCUT2D eigenvalue weighted by molar-refractivity contribution is -0.126. The Balaban J connectivity index is 1.94. The molecule has 2 aliphatic rings. The van der Waals surface area contributed by atoms with Gasteiger partial charge in [0.2, 0.25) is 5.76 Å². The van der Waals surface area contributed by atoms with Crippen molar-refractivity contribution in [2.45, 2.75) is 26.3 Å². The SMILES string of the molecule is CCN1C(=O)C2(c3ccccc31)c1c(oc3ccccc3c1=O)C(=O)N2CC(C)C. The molecule has 6 nitrogen and oxygen atoms in total. The maximum atomic E-state index is 14.0. The quantitative estimate of drug-likeness (QED) is 0.672. The van der Waals surface area contributed by atoms with Gasteiger partial charge in [0.25, 0.3) is 11.8 Å². The normalized spacial score (nSPS) is 20.0. The highest BCUT2D eigenvalue weighted by molar-refractivity contribution is 6.17. The Labute approximate surface area is 173 Å². The van der Waals surface area contributed by atoms with Gasteiger partial charge < -0.3 is 14.2 Å². The number of benzene rings is 2. The summed E-state index contributed by atoms with van der Waals surface area (Å²) in [6.45, 7) is 6.63. The van der Waals surface area contributed by atoms with E-state index < -0.39 is 11.4 Å². The van der Waals surface area contributed by atoms with Gasteiger partial charge in [-0.1, -0.05) is 44.2 Å². The van der Waals surface area contributed by atoms with Crippen LogP contribution in [0.2, 0.25) is 0 Å². The molecule has 1 aromatic heterocycles. The number of hydrogen-bond donors (Lipinski definition) is 0. The Morgan fingerprint density at radius 2 is 1.70 bits per heavy atom. The molecule has 1 spiro atoms. The van der Waals surface area contributed by atoms with Crippen LogP contribution in [0.15, 0.2) is 57.7 Å². The number of likely N-dealkylation sites (N-methyl/N-ethyl adjacent to an activating group) is 1. The van der Waals surface area contributed by atoms with Crippen molar-refractivity contribution in [3.63, 3.8) is 0 Å². The number of carbonyl (C=O) groups is 2. The summed E-state index contributed by atoms with van der Waals surface area (Å²) in [4.78, 5) is 44.4. The van der Waals surface area contributed by atoms with Crippen LogP contribution in [-0.2, 0) is 10.3 Å². The molecule has 152 valence electrons. The molecule has 0 saturated carbocycles. The predicted molar refractivity (Wildman–Crippen MR) is 114 cm³/mol. The van der Waals surface area contributed by atoms with Crippen molar-refractivity contribution in [2.24, 2.45) is 5.92 Å². The zero-order valence-electron chi connectivity index (χ0n) is 17.1. The molecule has 2 amide bonds. The van der Waals surface area contributed by atoms with Gasteiger partial charge in [-0.15, -0.1) is 0 Å². The maximum absolute atomic E-state index is 14.0. The zero-order valence-corrected chi connectivity index (χ0v) is 17.1. The first-order valence-electron chi connectivity index (χ1n) is 10.2. The molecular formula is C24H22N2O4. The van der Waals surface area contributed by atoms with E-state index in [2.05, 4.69) is 0 Å². The Morgan fingerprint density at radius 3 is 2.43 bits per heavy atom. The maximum Gasteiger partial charge on any atom is 0.291 e. The average molecular weight is 402 g/mol. The number of para-hydroxylation sites is 2. The first-order valence-corrected chi connectivity index (χ1v) is 10.2. The number of anilines is 1. The predicted octanol–water partition coefficient (Wildman–Crippen LogP) is 3.51. The molecule has 1 atom stereocenters. The van der Waals surface area contributed by atoms with Gasteiger partial charge >= 0.3 is 0 Å². The van der Waals surface area contributed by atoms with Crippen LogP contribution in [-0.4, -0.2) is 29.8 Å². The molecule has 0 fully saturated rings. The summed E-state index contributed by atoms with van der Waals surface area (Å²) in [7, 11) is 0. The van der Waals surface area contributed by atoms with Gasteiger partial charge in [0, 0.05) is 18.7 Å². The summed E-state index contributed by atoms with van der Waals surface area (Å²) < 4.78 is 5.97. The Kier molecular flexibility index (Phi) is 3.90. The number of rotatable bonds is 3. The Morgan fingerprint density at radius 1 is 1.00 bits per heavy atom. The van der Waals surface area contributed by atoms with E-state index >= 15 is 0 Å². The summed E-state index contributed by atoms with van der Waals surface area (Å²) in [6, 6.07) is 14.3. The largest absolute Gasteiger partial charge is 0.450 e. The van der Waals surface area contributed by atoms with Crippen molar-refractivity contribution in [3.8, 4) is 0 Å². The molecule has 2 aliphatic heterocycles. The van der Waals surface area contributed by atoms with E-state index in [-0.39, 0.29) is 28.6 Å².